The second kappa shape index (κ2) is 8.04. The Balaban J connectivity index is 1.59. The summed E-state index contributed by atoms with van der Waals surface area (Å²) in [6, 6.07) is 2.04. The molecular formula is C24H26F3N5O. The van der Waals surface area contributed by atoms with E-state index in [2.05, 4.69) is 14.8 Å². The van der Waals surface area contributed by atoms with Crippen LogP contribution in [0.4, 0.5) is 13.2 Å². The summed E-state index contributed by atoms with van der Waals surface area (Å²) in [5.41, 5.74) is 4.39. The Labute approximate surface area is 189 Å². The second-order valence-electron chi connectivity index (χ2n) is 9.33. The van der Waals surface area contributed by atoms with Gasteiger partial charge in [0, 0.05) is 47.4 Å². The van der Waals surface area contributed by atoms with E-state index in [1.807, 2.05) is 26.1 Å². The molecule has 4 heterocycles. The minimum Gasteiger partial charge on any atom is -0.361 e. The van der Waals surface area contributed by atoms with Crippen molar-refractivity contribution in [2.75, 3.05) is 0 Å². The van der Waals surface area contributed by atoms with Crippen LogP contribution in [0.15, 0.2) is 35.4 Å². The Morgan fingerprint density at radius 1 is 1.15 bits per heavy atom. The van der Waals surface area contributed by atoms with Crippen LogP contribution in [-0.4, -0.2) is 30.2 Å². The third-order valence-electron chi connectivity index (χ3n) is 6.75. The lowest BCUT2D eigenvalue weighted by atomic mass is 9.81. The van der Waals surface area contributed by atoms with Crippen molar-refractivity contribution in [2.45, 2.75) is 65.2 Å². The van der Waals surface area contributed by atoms with Gasteiger partial charge in [0.25, 0.3) is 0 Å². The molecule has 0 aliphatic heterocycles. The smallest absolute Gasteiger partial charge is 0.333 e. The fourth-order valence-electron chi connectivity index (χ4n) is 4.88. The number of fused-ring (bicyclic) bond motifs is 1. The highest BCUT2D eigenvalue weighted by Crippen LogP contribution is 2.38. The SMILES string of the molecule is Cc1noc(C)c1-c1cnc2c(-c3cnn(C(F)F)c3)cn(CC3CCC(C)(F)CC3)c2c1. The maximum atomic E-state index is 14.3. The zero-order chi connectivity index (χ0) is 23.3. The van der Waals surface area contributed by atoms with Crippen LogP contribution in [0.2, 0.25) is 0 Å². The Kier molecular flexibility index (Phi) is 5.29. The zero-order valence-corrected chi connectivity index (χ0v) is 18.9. The van der Waals surface area contributed by atoms with Crippen LogP contribution in [0.25, 0.3) is 33.3 Å². The normalized spacial score (nSPS) is 21.4. The molecule has 0 bridgehead atoms. The van der Waals surface area contributed by atoms with E-state index in [1.165, 1.54) is 12.4 Å². The minimum absolute atomic E-state index is 0.337. The lowest BCUT2D eigenvalue weighted by Gasteiger charge is -2.31. The number of rotatable bonds is 5. The summed E-state index contributed by atoms with van der Waals surface area (Å²) >= 11 is 0. The molecule has 4 aromatic heterocycles. The molecule has 0 saturated heterocycles. The predicted molar refractivity (Wildman–Crippen MR) is 119 cm³/mol. The van der Waals surface area contributed by atoms with Gasteiger partial charge in [-0.15, -0.1) is 0 Å². The Morgan fingerprint density at radius 3 is 2.55 bits per heavy atom. The van der Waals surface area contributed by atoms with E-state index in [4.69, 9.17) is 9.51 Å². The van der Waals surface area contributed by atoms with E-state index in [0.29, 0.717) is 46.8 Å². The average molecular weight is 458 g/mol. The summed E-state index contributed by atoms with van der Waals surface area (Å²) in [4.78, 5) is 4.71. The van der Waals surface area contributed by atoms with E-state index in [1.54, 1.807) is 13.1 Å². The standard InChI is InChI=1S/C24H26F3N5O/c1-14-21(15(2)33-30-14)17-8-20-22(28-9-17)19(18-10-29-32(12-18)23(25)26)13-31(20)11-16-4-6-24(3,27)7-5-16/h8-10,12-13,16,23H,4-7,11H2,1-3H3. The maximum Gasteiger partial charge on any atom is 0.333 e. The predicted octanol–water partition coefficient (Wildman–Crippen LogP) is 6.49. The summed E-state index contributed by atoms with van der Waals surface area (Å²) in [5, 5.41) is 7.84. The fourth-order valence-corrected chi connectivity index (χ4v) is 4.88. The monoisotopic (exact) mass is 457 g/mol. The molecule has 0 spiro atoms. The van der Waals surface area contributed by atoms with Gasteiger partial charge in [0.1, 0.15) is 11.4 Å². The van der Waals surface area contributed by atoms with Gasteiger partial charge in [0.15, 0.2) is 0 Å². The van der Waals surface area contributed by atoms with Crippen LogP contribution in [0, 0.1) is 19.8 Å². The lowest BCUT2D eigenvalue weighted by Crippen LogP contribution is -2.27. The van der Waals surface area contributed by atoms with E-state index in [-0.39, 0.29) is 0 Å². The minimum atomic E-state index is -2.71. The summed E-state index contributed by atoms with van der Waals surface area (Å²) in [6.07, 6.45) is 9.19. The third-order valence-corrected chi connectivity index (χ3v) is 6.75. The molecule has 0 radical (unpaired) electrons. The van der Waals surface area contributed by atoms with Crippen molar-refractivity contribution in [2.24, 2.45) is 5.92 Å². The molecule has 0 amide bonds. The van der Waals surface area contributed by atoms with Gasteiger partial charge >= 0.3 is 6.55 Å². The van der Waals surface area contributed by atoms with Gasteiger partial charge in [-0.1, -0.05) is 5.16 Å². The van der Waals surface area contributed by atoms with Crippen LogP contribution in [-0.2, 0) is 6.54 Å². The van der Waals surface area contributed by atoms with Crippen LogP contribution < -0.4 is 0 Å². The third kappa shape index (κ3) is 4.05. The first-order chi connectivity index (χ1) is 15.7. The molecule has 1 aliphatic carbocycles. The molecule has 4 aromatic rings. The Hall–Kier alpha value is -3.10. The van der Waals surface area contributed by atoms with E-state index in [9.17, 15) is 13.2 Å². The number of hydrogen-bond donors (Lipinski definition) is 0. The van der Waals surface area contributed by atoms with Crippen molar-refractivity contribution in [3.63, 3.8) is 0 Å². The molecule has 1 saturated carbocycles. The topological polar surface area (TPSA) is 61.7 Å². The number of hydrogen-bond acceptors (Lipinski definition) is 4. The second-order valence-corrected chi connectivity index (χ2v) is 9.33. The molecule has 0 N–H and O–H groups in total. The van der Waals surface area contributed by atoms with Crippen molar-refractivity contribution < 1.29 is 17.7 Å². The number of aryl methyl sites for hydroxylation is 2. The molecule has 9 heteroatoms. The molecule has 0 aromatic carbocycles. The average Bonchev–Trinajstić information content (AvgIpc) is 3.47. The molecule has 6 nitrogen and oxygen atoms in total. The molecule has 0 unspecified atom stereocenters. The quantitative estimate of drug-likeness (QED) is 0.344. The summed E-state index contributed by atoms with van der Waals surface area (Å²) in [6.45, 7) is 3.42. The molecule has 174 valence electrons. The van der Waals surface area contributed by atoms with Gasteiger partial charge < -0.3 is 9.09 Å². The van der Waals surface area contributed by atoms with Gasteiger partial charge in [-0.05, 0) is 58.4 Å². The van der Waals surface area contributed by atoms with Crippen molar-refractivity contribution in [1.29, 1.82) is 0 Å². The van der Waals surface area contributed by atoms with Crippen molar-refractivity contribution in [3.8, 4) is 22.3 Å². The van der Waals surface area contributed by atoms with E-state index >= 15 is 0 Å². The van der Waals surface area contributed by atoms with E-state index in [0.717, 1.165) is 40.7 Å². The van der Waals surface area contributed by atoms with Crippen molar-refractivity contribution >= 4 is 11.0 Å². The molecule has 5 rings (SSSR count). The van der Waals surface area contributed by atoms with Crippen LogP contribution >= 0.6 is 0 Å². The summed E-state index contributed by atoms with van der Waals surface area (Å²) < 4.78 is 48.6. The van der Waals surface area contributed by atoms with Crippen LogP contribution in [0.5, 0.6) is 0 Å². The first-order valence-electron chi connectivity index (χ1n) is 11.2. The van der Waals surface area contributed by atoms with Gasteiger partial charge in [-0.2, -0.15) is 13.9 Å². The Morgan fingerprint density at radius 2 is 1.91 bits per heavy atom. The molecule has 0 atom stereocenters. The van der Waals surface area contributed by atoms with Gasteiger partial charge in [-0.25, -0.2) is 9.07 Å². The van der Waals surface area contributed by atoms with Gasteiger partial charge in [-0.3, -0.25) is 4.98 Å². The number of alkyl halides is 3. The molecular weight excluding hydrogens is 431 g/mol. The zero-order valence-electron chi connectivity index (χ0n) is 18.9. The first-order valence-corrected chi connectivity index (χ1v) is 11.2. The van der Waals surface area contributed by atoms with Gasteiger partial charge in [0.05, 0.1) is 22.9 Å². The van der Waals surface area contributed by atoms with Crippen molar-refractivity contribution in [1.82, 2.24) is 24.5 Å². The Bertz CT molecular complexity index is 1270. The first kappa shape index (κ1) is 21.7. The summed E-state index contributed by atoms with van der Waals surface area (Å²) in [7, 11) is 0. The fraction of sp³-hybridized carbons (Fsp3) is 0.458. The number of pyridine rings is 1. The molecule has 33 heavy (non-hydrogen) atoms. The maximum absolute atomic E-state index is 14.3. The number of nitrogens with zero attached hydrogens (tertiary/aromatic N) is 5. The van der Waals surface area contributed by atoms with Crippen LogP contribution in [0.3, 0.4) is 0 Å². The molecule has 1 aliphatic rings. The highest BCUT2D eigenvalue weighted by atomic mass is 19.3. The number of halogens is 3. The number of aromatic nitrogens is 5. The lowest BCUT2D eigenvalue weighted by molar-refractivity contribution is 0.0566. The molecule has 1 fully saturated rings. The van der Waals surface area contributed by atoms with Crippen molar-refractivity contribution in [3.05, 3.63) is 42.3 Å². The van der Waals surface area contributed by atoms with Gasteiger partial charge in [0.2, 0.25) is 0 Å². The highest BCUT2D eigenvalue weighted by Gasteiger charge is 2.31. The van der Waals surface area contributed by atoms with E-state index < -0.39 is 12.2 Å². The highest BCUT2D eigenvalue weighted by molar-refractivity contribution is 5.94. The largest absolute Gasteiger partial charge is 0.361 e. The summed E-state index contributed by atoms with van der Waals surface area (Å²) in [5.74, 6) is 1.04. The van der Waals surface area contributed by atoms with Crippen LogP contribution in [0.1, 0.15) is 50.6 Å².